The Morgan fingerprint density at radius 1 is 1.00 bits per heavy atom. The van der Waals surface area contributed by atoms with Crippen molar-refractivity contribution >= 4 is 17.6 Å². The third-order valence-electron chi connectivity index (χ3n) is 5.52. The van der Waals surface area contributed by atoms with Gasteiger partial charge in [-0.25, -0.2) is 0 Å². The van der Waals surface area contributed by atoms with E-state index in [1.165, 1.54) is 17.1 Å². The highest BCUT2D eigenvalue weighted by Crippen LogP contribution is 2.58. The van der Waals surface area contributed by atoms with E-state index in [0.717, 1.165) is 32.1 Å². The van der Waals surface area contributed by atoms with Crippen molar-refractivity contribution in [2.75, 3.05) is 6.54 Å². The van der Waals surface area contributed by atoms with Crippen LogP contribution in [0.25, 0.3) is 0 Å². The van der Waals surface area contributed by atoms with Crippen molar-refractivity contribution in [3.63, 3.8) is 0 Å². The summed E-state index contributed by atoms with van der Waals surface area (Å²) < 4.78 is 0. The summed E-state index contributed by atoms with van der Waals surface area (Å²) in [6.07, 6.45) is 7.65. The molecule has 5 aliphatic rings. The van der Waals surface area contributed by atoms with Crippen LogP contribution in [0.15, 0.2) is 12.2 Å². The lowest BCUT2D eigenvalue weighted by Crippen LogP contribution is -2.55. The molecule has 1 heterocycles. The number of carbonyl (C=O) groups excluding carboxylic acids is 3. The fraction of sp³-hybridized carbons (Fsp3) is 0.667. The predicted octanol–water partition coefficient (Wildman–Crippen LogP) is 1.31. The Morgan fingerprint density at radius 2 is 1.58 bits per heavy atom. The molecule has 0 N–H and O–H groups in total. The normalized spacial score (nSPS) is 43.7. The van der Waals surface area contributed by atoms with Crippen molar-refractivity contribution in [3.05, 3.63) is 12.2 Å². The number of hydrogen-bond donors (Lipinski definition) is 0. The lowest BCUT2D eigenvalue weighted by atomic mass is 9.49. The molecule has 19 heavy (non-hydrogen) atoms. The number of ketones is 1. The van der Waals surface area contributed by atoms with Crippen LogP contribution in [0.2, 0.25) is 0 Å². The largest absolute Gasteiger partial charge is 0.299 e. The van der Waals surface area contributed by atoms with Crippen LogP contribution in [0.4, 0.5) is 0 Å². The third-order valence-corrected chi connectivity index (χ3v) is 5.52. The number of hydrogen-bond acceptors (Lipinski definition) is 3. The molecule has 2 amide bonds. The van der Waals surface area contributed by atoms with Gasteiger partial charge in [0.2, 0.25) is 0 Å². The van der Waals surface area contributed by atoms with E-state index in [1.807, 2.05) is 0 Å². The highest BCUT2D eigenvalue weighted by Gasteiger charge is 2.56. The Labute approximate surface area is 111 Å². The molecule has 100 valence electrons. The first-order chi connectivity index (χ1) is 9.06. The van der Waals surface area contributed by atoms with Crippen molar-refractivity contribution in [1.29, 1.82) is 0 Å². The van der Waals surface area contributed by atoms with E-state index in [1.54, 1.807) is 0 Å². The maximum absolute atomic E-state index is 12.1. The first-order valence-corrected chi connectivity index (χ1v) is 7.14. The van der Waals surface area contributed by atoms with Crippen LogP contribution >= 0.6 is 0 Å². The van der Waals surface area contributed by atoms with Gasteiger partial charge in [0.05, 0.1) is 0 Å². The molecule has 0 spiro atoms. The quantitative estimate of drug-likeness (QED) is 0.702. The number of rotatable bonds is 2. The van der Waals surface area contributed by atoms with Crippen molar-refractivity contribution < 1.29 is 14.4 Å². The van der Waals surface area contributed by atoms with Crippen LogP contribution in [0.1, 0.15) is 32.1 Å². The summed E-state index contributed by atoms with van der Waals surface area (Å²) in [5, 5.41) is 0. The molecule has 4 fully saturated rings. The van der Waals surface area contributed by atoms with E-state index >= 15 is 0 Å². The molecule has 0 saturated heterocycles. The van der Waals surface area contributed by atoms with Gasteiger partial charge in [0, 0.05) is 30.5 Å². The van der Waals surface area contributed by atoms with Gasteiger partial charge in [-0.05, 0) is 43.4 Å². The summed E-state index contributed by atoms with van der Waals surface area (Å²) in [5.41, 5.74) is 0.0295. The number of Topliss-reactive ketones (excluding diaryl/α,β-unsaturated/α-hetero) is 1. The highest BCUT2D eigenvalue weighted by atomic mass is 16.2. The highest BCUT2D eigenvalue weighted by molar-refractivity contribution is 6.12. The molecule has 0 radical (unpaired) electrons. The lowest BCUT2D eigenvalue weighted by Gasteiger charge is -2.56. The fourth-order valence-electron chi connectivity index (χ4n) is 5.02. The van der Waals surface area contributed by atoms with E-state index in [4.69, 9.17) is 0 Å². The standard InChI is InChI=1S/C15H17NO3/c17-12-1-2-13(18)16(12)8-15-5-9-3-10(6-15)14(19)11(4-9)7-15/h1-2,9-11H,3-8H2. The van der Waals surface area contributed by atoms with Crippen LogP contribution < -0.4 is 0 Å². The molecule has 5 rings (SSSR count). The first-order valence-electron chi connectivity index (χ1n) is 7.14. The second kappa shape index (κ2) is 3.56. The van der Waals surface area contributed by atoms with E-state index in [-0.39, 0.29) is 29.1 Å². The maximum Gasteiger partial charge on any atom is 0.253 e. The van der Waals surface area contributed by atoms with Crippen molar-refractivity contribution in [1.82, 2.24) is 4.90 Å². The van der Waals surface area contributed by atoms with Crippen LogP contribution in [0.5, 0.6) is 0 Å². The van der Waals surface area contributed by atoms with Crippen LogP contribution in [0, 0.1) is 23.2 Å². The minimum absolute atomic E-state index is 0.0295. The Morgan fingerprint density at radius 3 is 2.16 bits per heavy atom. The van der Waals surface area contributed by atoms with Crippen LogP contribution in [-0.4, -0.2) is 29.0 Å². The summed E-state index contributed by atoms with van der Waals surface area (Å²) >= 11 is 0. The zero-order valence-corrected chi connectivity index (χ0v) is 10.8. The molecule has 4 aliphatic carbocycles. The minimum atomic E-state index is -0.188. The third kappa shape index (κ3) is 1.55. The summed E-state index contributed by atoms with van der Waals surface area (Å²) in [7, 11) is 0. The molecule has 4 heteroatoms. The number of nitrogens with zero attached hydrogens (tertiary/aromatic N) is 1. The summed E-state index contributed by atoms with van der Waals surface area (Å²) in [5.74, 6) is 1.11. The van der Waals surface area contributed by atoms with Gasteiger partial charge >= 0.3 is 0 Å². The van der Waals surface area contributed by atoms with Gasteiger partial charge in [0.15, 0.2) is 0 Å². The zero-order valence-electron chi connectivity index (χ0n) is 10.8. The Kier molecular flexibility index (Phi) is 2.13. The van der Waals surface area contributed by atoms with Crippen molar-refractivity contribution in [3.8, 4) is 0 Å². The van der Waals surface area contributed by atoms with Crippen LogP contribution in [0.3, 0.4) is 0 Å². The summed E-state index contributed by atoms with van der Waals surface area (Å²) in [6.45, 7) is 0.522. The average Bonchev–Trinajstić information content (AvgIpc) is 2.66. The van der Waals surface area contributed by atoms with Gasteiger partial charge in [-0.1, -0.05) is 0 Å². The zero-order chi connectivity index (χ0) is 13.2. The van der Waals surface area contributed by atoms with Gasteiger partial charge in [0.25, 0.3) is 11.8 Å². The van der Waals surface area contributed by atoms with E-state index in [0.29, 0.717) is 18.2 Å². The molecule has 1 aliphatic heterocycles. The predicted molar refractivity (Wildman–Crippen MR) is 66.9 cm³/mol. The molecule has 2 atom stereocenters. The molecular weight excluding hydrogens is 242 g/mol. The molecular formula is C15H17NO3. The second-order valence-electron chi connectivity index (χ2n) is 6.84. The van der Waals surface area contributed by atoms with Gasteiger partial charge in [0.1, 0.15) is 5.78 Å². The Bertz CT molecular complexity index is 485. The minimum Gasteiger partial charge on any atom is -0.299 e. The smallest absolute Gasteiger partial charge is 0.253 e. The molecule has 0 aromatic heterocycles. The SMILES string of the molecule is O=C1C2CC3CC1CC(CN1C(=O)C=CC1=O)(C3)C2. The molecule has 2 unspecified atom stereocenters. The molecule has 0 aromatic carbocycles. The van der Waals surface area contributed by atoms with Gasteiger partial charge in [-0.15, -0.1) is 0 Å². The van der Waals surface area contributed by atoms with Crippen molar-refractivity contribution in [2.45, 2.75) is 32.1 Å². The first kappa shape index (κ1) is 11.4. The summed E-state index contributed by atoms with van der Waals surface area (Å²) in [6, 6.07) is 0. The molecule has 4 saturated carbocycles. The van der Waals surface area contributed by atoms with Gasteiger partial charge in [-0.3, -0.25) is 19.3 Å². The maximum atomic E-state index is 12.1. The van der Waals surface area contributed by atoms with E-state index in [9.17, 15) is 14.4 Å². The van der Waals surface area contributed by atoms with E-state index in [2.05, 4.69) is 0 Å². The van der Waals surface area contributed by atoms with Gasteiger partial charge in [-0.2, -0.15) is 0 Å². The number of amides is 2. The second-order valence-corrected chi connectivity index (χ2v) is 6.84. The Hall–Kier alpha value is -1.45. The topological polar surface area (TPSA) is 54.5 Å². The average molecular weight is 259 g/mol. The van der Waals surface area contributed by atoms with E-state index < -0.39 is 0 Å². The van der Waals surface area contributed by atoms with Crippen molar-refractivity contribution in [2.24, 2.45) is 23.2 Å². The molecule has 0 aromatic rings. The van der Waals surface area contributed by atoms with Gasteiger partial charge < -0.3 is 0 Å². The fourth-order valence-corrected chi connectivity index (χ4v) is 5.02. The lowest BCUT2D eigenvalue weighted by molar-refractivity contribution is -0.152. The monoisotopic (exact) mass is 259 g/mol. The number of imide groups is 1. The number of carbonyl (C=O) groups is 3. The summed E-state index contributed by atoms with van der Waals surface area (Å²) in [4.78, 5) is 36.9. The molecule has 4 bridgehead atoms. The molecule has 4 nitrogen and oxygen atoms in total. The Balaban J connectivity index is 1.60. The van der Waals surface area contributed by atoms with Crippen LogP contribution in [-0.2, 0) is 14.4 Å².